The predicted octanol–water partition coefficient (Wildman–Crippen LogP) is 5.25. The summed E-state index contributed by atoms with van der Waals surface area (Å²) < 4.78 is 25.1. The summed E-state index contributed by atoms with van der Waals surface area (Å²) in [4.78, 5) is 0. The summed E-state index contributed by atoms with van der Waals surface area (Å²) in [6.45, 7) is 17.2. The van der Waals surface area contributed by atoms with Crippen LogP contribution in [0.15, 0.2) is 42.2 Å². The Morgan fingerprint density at radius 3 is 2.41 bits per heavy atom. The molecule has 0 radical (unpaired) electrons. The van der Waals surface area contributed by atoms with E-state index in [1.165, 1.54) is 5.56 Å². The Kier molecular flexibility index (Phi) is 6.61. The first-order valence-electron chi connectivity index (χ1n) is 10.6. The molecular formula is C23H37NO4Si. The summed E-state index contributed by atoms with van der Waals surface area (Å²) >= 11 is 0. The average molecular weight is 420 g/mol. The van der Waals surface area contributed by atoms with Gasteiger partial charge in [0.1, 0.15) is 17.9 Å². The van der Waals surface area contributed by atoms with Crippen molar-refractivity contribution in [2.45, 2.75) is 83.6 Å². The van der Waals surface area contributed by atoms with Crippen LogP contribution in [-0.4, -0.2) is 44.5 Å². The monoisotopic (exact) mass is 419 g/mol. The molecule has 3 rings (SSSR count). The lowest BCUT2D eigenvalue weighted by Gasteiger charge is -2.43. The molecule has 0 aromatic heterocycles. The van der Waals surface area contributed by atoms with Crippen LogP contribution in [0, 0.1) is 0 Å². The summed E-state index contributed by atoms with van der Waals surface area (Å²) in [5.74, 6) is 0.336. The second kappa shape index (κ2) is 8.51. The molecule has 6 heteroatoms. The molecule has 5 nitrogen and oxygen atoms in total. The van der Waals surface area contributed by atoms with Crippen molar-refractivity contribution in [1.29, 1.82) is 0 Å². The Morgan fingerprint density at radius 1 is 1.21 bits per heavy atom. The maximum Gasteiger partial charge on any atom is 0.220 e. The molecule has 0 unspecified atom stereocenters. The average Bonchev–Trinajstić information content (AvgIpc) is 3.25. The molecule has 0 saturated carbocycles. The molecule has 1 aromatic carbocycles. The smallest absolute Gasteiger partial charge is 0.220 e. The maximum atomic E-state index is 6.88. The molecule has 0 amide bonds. The highest BCUT2D eigenvalue weighted by Crippen LogP contribution is 2.40. The Balaban J connectivity index is 1.95. The van der Waals surface area contributed by atoms with E-state index < -0.39 is 14.1 Å². The van der Waals surface area contributed by atoms with Gasteiger partial charge >= 0.3 is 0 Å². The molecular weight excluding hydrogens is 382 g/mol. The van der Waals surface area contributed by atoms with Crippen LogP contribution >= 0.6 is 0 Å². The number of rotatable bonds is 7. The van der Waals surface area contributed by atoms with Gasteiger partial charge in [-0.15, -0.1) is 0 Å². The highest BCUT2D eigenvalue weighted by Gasteiger charge is 2.47. The van der Waals surface area contributed by atoms with Gasteiger partial charge in [0.15, 0.2) is 5.79 Å². The topological polar surface area (TPSA) is 40.2 Å². The van der Waals surface area contributed by atoms with Crippen molar-refractivity contribution in [1.82, 2.24) is 5.06 Å². The molecule has 29 heavy (non-hydrogen) atoms. The third-order valence-electron chi connectivity index (χ3n) is 6.05. The van der Waals surface area contributed by atoms with Gasteiger partial charge in [0, 0.05) is 13.0 Å². The van der Waals surface area contributed by atoms with E-state index in [2.05, 4.69) is 69.3 Å². The van der Waals surface area contributed by atoms with E-state index >= 15 is 0 Å². The molecule has 2 atom stereocenters. The second-order valence-electron chi connectivity index (χ2n) is 9.97. The molecule has 2 heterocycles. The second-order valence-corrected chi connectivity index (χ2v) is 14.7. The van der Waals surface area contributed by atoms with E-state index in [4.69, 9.17) is 18.7 Å². The third-order valence-corrected chi connectivity index (χ3v) is 10.4. The SMILES string of the molecule is CC1(C)OC[C@H]([C@@H](C2=CCCO2)N(Cc2ccccc2)O[Si](C)(C)C(C)(C)C)O1. The fourth-order valence-corrected chi connectivity index (χ4v) is 4.44. The van der Waals surface area contributed by atoms with Crippen LogP contribution in [0.1, 0.15) is 46.6 Å². The van der Waals surface area contributed by atoms with E-state index in [0.717, 1.165) is 12.2 Å². The Morgan fingerprint density at radius 2 is 1.90 bits per heavy atom. The highest BCUT2D eigenvalue weighted by molar-refractivity contribution is 6.74. The van der Waals surface area contributed by atoms with Gasteiger partial charge in [0.05, 0.1) is 13.2 Å². The van der Waals surface area contributed by atoms with Crippen LogP contribution in [0.3, 0.4) is 0 Å². The number of hydroxylamine groups is 2. The highest BCUT2D eigenvalue weighted by atomic mass is 28.4. The molecule has 162 valence electrons. The minimum Gasteiger partial charge on any atom is -0.496 e. The van der Waals surface area contributed by atoms with Gasteiger partial charge in [-0.05, 0) is 43.6 Å². The van der Waals surface area contributed by atoms with Crippen molar-refractivity contribution in [2.24, 2.45) is 0 Å². The quantitative estimate of drug-likeness (QED) is 0.446. The Labute approximate surface area is 177 Å². The van der Waals surface area contributed by atoms with Gasteiger partial charge in [0.2, 0.25) is 8.32 Å². The molecule has 0 spiro atoms. The minimum absolute atomic E-state index is 0.0870. The number of hydrogen-bond acceptors (Lipinski definition) is 5. The normalized spacial score (nSPS) is 23.2. The summed E-state index contributed by atoms with van der Waals surface area (Å²) in [5, 5.41) is 2.20. The zero-order chi connectivity index (χ0) is 21.3. The van der Waals surface area contributed by atoms with E-state index in [1.54, 1.807) is 0 Å². The van der Waals surface area contributed by atoms with Crippen molar-refractivity contribution in [3.63, 3.8) is 0 Å². The van der Waals surface area contributed by atoms with Crippen LogP contribution in [0.25, 0.3) is 0 Å². The molecule has 1 aromatic rings. The standard InChI is InChI=1S/C23H37NO4Si/c1-22(2,3)29(6,7)28-24(16-18-12-9-8-10-13-18)21(19-14-11-15-25-19)20-17-26-23(4,5)27-20/h8-10,12-14,20-21H,11,15-17H2,1-7H3/t20-,21-/m1/s1. The first kappa shape index (κ1) is 22.5. The minimum atomic E-state index is -2.08. The largest absolute Gasteiger partial charge is 0.496 e. The van der Waals surface area contributed by atoms with E-state index in [-0.39, 0.29) is 17.2 Å². The van der Waals surface area contributed by atoms with Gasteiger partial charge in [-0.2, -0.15) is 5.06 Å². The van der Waals surface area contributed by atoms with Gasteiger partial charge in [-0.3, -0.25) is 0 Å². The van der Waals surface area contributed by atoms with Crippen molar-refractivity contribution in [3.8, 4) is 0 Å². The molecule has 0 N–H and O–H groups in total. The Bertz CT molecular complexity index is 711. The van der Waals surface area contributed by atoms with Crippen molar-refractivity contribution in [2.75, 3.05) is 13.2 Å². The molecule has 0 aliphatic carbocycles. The molecule has 1 saturated heterocycles. The maximum absolute atomic E-state index is 6.88. The van der Waals surface area contributed by atoms with Crippen LogP contribution in [0.4, 0.5) is 0 Å². The molecule has 1 fully saturated rings. The summed E-state index contributed by atoms with van der Waals surface area (Å²) in [7, 11) is -2.08. The Hall–Kier alpha value is -1.18. The third kappa shape index (κ3) is 5.50. The van der Waals surface area contributed by atoms with Crippen molar-refractivity contribution in [3.05, 3.63) is 47.7 Å². The van der Waals surface area contributed by atoms with Crippen molar-refractivity contribution < 1.29 is 18.7 Å². The van der Waals surface area contributed by atoms with Gasteiger partial charge < -0.3 is 18.7 Å². The number of benzene rings is 1. The summed E-state index contributed by atoms with van der Waals surface area (Å²) in [5.41, 5.74) is 1.20. The summed E-state index contributed by atoms with van der Waals surface area (Å²) in [6, 6.07) is 10.3. The zero-order valence-corrected chi connectivity index (χ0v) is 20.0. The first-order valence-corrected chi connectivity index (χ1v) is 13.5. The lowest BCUT2D eigenvalue weighted by atomic mass is 10.1. The van der Waals surface area contributed by atoms with Crippen LogP contribution in [0.2, 0.25) is 18.1 Å². The number of nitrogens with zero attached hydrogens (tertiary/aromatic N) is 1. The number of ether oxygens (including phenoxy) is 3. The van der Waals surface area contributed by atoms with Crippen LogP contribution < -0.4 is 0 Å². The molecule has 2 aliphatic heterocycles. The van der Waals surface area contributed by atoms with Gasteiger partial charge in [-0.25, -0.2) is 0 Å². The molecule has 2 aliphatic rings. The molecule has 0 bridgehead atoms. The lowest BCUT2D eigenvalue weighted by Crippen LogP contribution is -2.53. The van der Waals surface area contributed by atoms with E-state index in [1.807, 2.05) is 19.9 Å². The van der Waals surface area contributed by atoms with Crippen LogP contribution in [0.5, 0.6) is 0 Å². The lowest BCUT2D eigenvalue weighted by molar-refractivity contribution is -0.179. The fraction of sp³-hybridized carbons (Fsp3) is 0.652. The number of hydrogen-bond donors (Lipinski definition) is 0. The predicted molar refractivity (Wildman–Crippen MR) is 118 cm³/mol. The van der Waals surface area contributed by atoms with Gasteiger partial charge in [0.25, 0.3) is 0 Å². The van der Waals surface area contributed by atoms with E-state index in [9.17, 15) is 0 Å². The van der Waals surface area contributed by atoms with E-state index in [0.29, 0.717) is 19.8 Å². The fourth-order valence-electron chi connectivity index (χ4n) is 3.41. The van der Waals surface area contributed by atoms with Crippen molar-refractivity contribution >= 4 is 8.32 Å². The zero-order valence-electron chi connectivity index (χ0n) is 19.0. The van der Waals surface area contributed by atoms with Gasteiger partial charge in [-0.1, -0.05) is 51.1 Å². The first-order chi connectivity index (χ1) is 13.5. The summed E-state index contributed by atoms with van der Waals surface area (Å²) in [6.07, 6.45) is 2.94. The van der Waals surface area contributed by atoms with Crippen LogP contribution in [-0.2, 0) is 25.3 Å².